The minimum Gasteiger partial charge on any atom is -0.493 e. The molecule has 810 valence electrons. The van der Waals surface area contributed by atoms with Gasteiger partial charge in [0.2, 0.25) is 29.6 Å². The van der Waals surface area contributed by atoms with E-state index in [0.29, 0.717) is 55.9 Å². The first-order valence-corrected chi connectivity index (χ1v) is 49.8. The Morgan fingerprint density at radius 3 is 1.20 bits per heavy atom. The normalized spacial score (nSPS) is 22.9. The minimum absolute atomic E-state index is 0.00686. The number of ketones is 2. The number of carbonyl (C=O) groups is 12. The summed E-state index contributed by atoms with van der Waals surface area (Å²) >= 11 is 0. The number of amides is 4. The molecule has 3 unspecified atom stereocenters. The molecule has 145 heavy (non-hydrogen) atoms. The van der Waals surface area contributed by atoms with Gasteiger partial charge in [0.15, 0.2) is 41.1 Å². The predicted octanol–water partition coefficient (Wildman–Crippen LogP) is 18.4. The number of esters is 5. The van der Waals surface area contributed by atoms with Crippen LogP contribution in [0.3, 0.4) is 0 Å². The van der Waals surface area contributed by atoms with Crippen LogP contribution < -0.4 is 9.47 Å². The maximum absolute atomic E-state index is 14.2. The van der Waals surface area contributed by atoms with Gasteiger partial charge in [-0.25, -0.2) is 42.6 Å². The summed E-state index contributed by atoms with van der Waals surface area (Å²) in [7, 11) is 3.84. The van der Waals surface area contributed by atoms with Crippen molar-refractivity contribution in [3.05, 3.63) is 166 Å². The molecule has 34 heteroatoms. The van der Waals surface area contributed by atoms with Gasteiger partial charge in [-0.3, -0.25) is 33.6 Å². The molecule has 0 spiro atoms. The van der Waals surface area contributed by atoms with E-state index in [1.54, 1.807) is 96.9 Å². The molecule has 6 aliphatic rings. The van der Waals surface area contributed by atoms with Crippen molar-refractivity contribution in [3.8, 4) is 11.5 Å². The standard InChI is InChI=1S/C20H28F2O4.C17H23NO4.C16H20F2O4.C13H15NO3.C13H22O4.C13H24O4.C11H12O2.C8H16O3/c1-10(2)16-11(3)14(18(25-16)19(23)26-20(4,5)6)12-8-9-13(21)15(22)17(12)24-7;1-11(2)15(19)12(3)16(20)18-14(10-22-17(18)21)9-13-7-5-4-6-8-13;1-7(2)13-8(3)11(15(22-13)16(19)20)9-5-6-10(17)12(18)14(9)21-4;1-2-12(15)14-11(9-17-13(14)16)8-10-6-4-3-5-7-10;1-7(2)10-8(3)9(14)11(16-10)12(15)17-13(4,5)6;1-8(2)12(16)9(3)10(14)7-11(15)17-13(4,5)6;12-11-7-10(8-13-11)6-9-4-2-1-3-5-9;1-5(2)7(9)6(3)8(10)11-4/h8-11,14,16,18H,1-7H3;4-8,11-12,14-15,19H,9-10H2,1-3H3;5-8,11,13,15H,1-4H3,(H,19,20);3-7,11H,2,8-9H2,1H3;7-8,10-11H,1-6H3;8-9,12,16H,7H2,1-6H3;1-5,10H,6-8H2;5-7,9H,1-4H3/t11-,14?,16-,18?;12-,14-,15+;8-,11-,13-,15+;11-;8-,10-,11?;9-,12-;10-;6-,7+/m01010001/s1. The van der Waals surface area contributed by atoms with E-state index in [4.69, 9.17) is 52.1 Å². The summed E-state index contributed by atoms with van der Waals surface area (Å²) in [6.07, 6.45) is -4.20. The van der Waals surface area contributed by atoms with Gasteiger partial charge in [-0.2, -0.15) is 8.78 Å². The molecule has 4 N–H and O–H groups in total. The number of imide groups is 2. The largest absolute Gasteiger partial charge is 0.493 e. The van der Waals surface area contributed by atoms with Crippen molar-refractivity contribution in [1.29, 1.82) is 0 Å². The molecule has 0 saturated carbocycles. The number of benzene rings is 5. The number of rotatable bonds is 28. The predicted molar refractivity (Wildman–Crippen MR) is 535 cm³/mol. The number of carboxylic acid groups (broad SMARTS) is 1. The Hall–Kier alpha value is -10.8. The zero-order valence-electron chi connectivity index (χ0n) is 90.3. The van der Waals surface area contributed by atoms with Crippen LogP contribution in [0.15, 0.2) is 115 Å². The van der Waals surface area contributed by atoms with Crippen LogP contribution in [-0.4, -0.2) is 227 Å². The Bertz CT molecular complexity index is 5000. The molecule has 0 bridgehead atoms. The average molecular weight is 2050 g/mol. The van der Waals surface area contributed by atoms with Crippen molar-refractivity contribution in [2.45, 2.75) is 328 Å². The van der Waals surface area contributed by atoms with Gasteiger partial charge in [-0.05, 0) is 165 Å². The number of Topliss-reactive ketones (excluding diaryl/α,β-unsaturated/α-hetero) is 2. The highest BCUT2D eigenvalue weighted by Crippen LogP contribution is 2.49. The van der Waals surface area contributed by atoms with Gasteiger partial charge in [-0.15, -0.1) is 0 Å². The molecule has 0 aliphatic carbocycles. The molecule has 4 amide bonds. The lowest BCUT2D eigenvalue weighted by Crippen LogP contribution is -2.46. The first-order valence-electron chi connectivity index (χ1n) is 49.8. The Morgan fingerprint density at radius 2 is 0.834 bits per heavy atom. The van der Waals surface area contributed by atoms with E-state index in [2.05, 4.69) is 16.9 Å². The first-order chi connectivity index (χ1) is 67.4. The van der Waals surface area contributed by atoms with Crippen LogP contribution in [-0.2, 0) is 115 Å². The van der Waals surface area contributed by atoms with Gasteiger partial charge in [0, 0.05) is 47.1 Å². The molecule has 6 aliphatic heterocycles. The molecule has 6 saturated heterocycles. The fraction of sp³-hybridized carbons (Fsp3) is 0.622. The van der Waals surface area contributed by atoms with Crippen molar-refractivity contribution in [1.82, 2.24) is 9.80 Å². The fourth-order valence-electron chi connectivity index (χ4n) is 17.6. The van der Waals surface area contributed by atoms with Crippen molar-refractivity contribution in [3.63, 3.8) is 0 Å². The third kappa shape index (κ3) is 38.1. The third-order valence-electron chi connectivity index (χ3n) is 25.1. The van der Waals surface area contributed by atoms with Crippen molar-refractivity contribution in [2.75, 3.05) is 41.2 Å². The van der Waals surface area contributed by atoms with E-state index >= 15 is 0 Å². The Kier molecular flexibility index (Phi) is 50.7. The van der Waals surface area contributed by atoms with Gasteiger partial charge < -0.3 is 77.3 Å². The number of aliphatic hydroxyl groups excluding tert-OH is 3. The Balaban J connectivity index is 0.000000349. The summed E-state index contributed by atoms with van der Waals surface area (Å²) in [6.45, 7) is 52.2. The summed E-state index contributed by atoms with van der Waals surface area (Å²) in [5.41, 5.74) is 2.30. The van der Waals surface area contributed by atoms with E-state index in [1.165, 1.54) is 48.8 Å². The number of halogens is 4. The number of methoxy groups -OCH3 is 3. The van der Waals surface area contributed by atoms with E-state index < -0.39 is 142 Å². The molecule has 6 fully saturated rings. The number of hydrogen-bond donors (Lipinski definition) is 4. The average Bonchev–Trinajstić information content (AvgIpc) is 1.62. The van der Waals surface area contributed by atoms with Gasteiger partial charge in [0.25, 0.3) is 0 Å². The molecule has 5 aromatic rings. The number of hydrogen-bond acceptors (Lipinski definition) is 27. The maximum Gasteiger partial charge on any atom is 0.416 e. The Labute approximate surface area is 853 Å². The summed E-state index contributed by atoms with van der Waals surface area (Å²) in [6, 6.07) is 34.1. The van der Waals surface area contributed by atoms with E-state index in [1.807, 2.05) is 176 Å². The van der Waals surface area contributed by atoms with E-state index in [9.17, 15) is 95.5 Å². The number of nitrogens with zero attached hydrogens (tertiary/aromatic N) is 2. The molecule has 5 aromatic carbocycles. The van der Waals surface area contributed by atoms with Gasteiger partial charge in [-0.1, -0.05) is 228 Å². The molecule has 0 aromatic heterocycles. The van der Waals surface area contributed by atoms with Gasteiger partial charge >= 0.3 is 48.0 Å². The summed E-state index contributed by atoms with van der Waals surface area (Å²) in [5.74, 6) is -11.1. The molecule has 30 nitrogen and oxygen atoms in total. The lowest BCUT2D eigenvalue weighted by molar-refractivity contribution is -0.170. The third-order valence-corrected chi connectivity index (χ3v) is 25.1. The first kappa shape index (κ1) is 127. The quantitative estimate of drug-likeness (QED) is 0.0156. The zero-order chi connectivity index (χ0) is 110. The lowest BCUT2D eigenvalue weighted by atomic mass is 9.80. The van der Waals surface area contributed by atoms with E-state index in [0.717, 1.165) is 29.7 Å². The molecular formula is C111H160F4N2O28. The zero-order valence-corrected chi connectivity index (χ0v) is 90.3. The highest BCUT2D eigenvalue weighted by molar-refractivity contribution is 6.05. The summed E-state index contributed by atoms with van der Waals surface area (Å²) in [5, 5.41) is 38.6. The van der Waals surface area contributed by atoms with Crippen LogP contribution in [0.1, 0.15) is 253 Å². The van der Waals surface area contributed by atoms with Crippen LogP contribution in [0.5, 0.6) is 11.5 Å². The number of carbonyl (C=O) groups excluding carboxylic acids is 11. The molecule has 0 radical (unpaired) electrons. The molecular weight excluding hydrogens is 1890 g/mol. The second-order valence-electron chi connectivity index (χ2n) is 42.5. The van der Waals surface area contributed by atoms with Crippen LogP contribution >= 0.6 is 0 Å². The van der Waals surface area contributed by atoms with Crippen molar-refractivity contribution < 1.29 is 152 Å². The smallest absolute Gasteiger partial charge is 0.416 e. The number of cyclic esters (lactones) is 3. The van der Waals surface area contributed by atoms with Crippen LogP contribution in [0.2, 0.25) is 0 Å². The fourth-order valence-corrected chi connectivity index (χ4v) is 17.6. The second-order valence-corrected chi connectivity index (χ2v) is 42.5. The van der Waals surface area contributed by atoms with Gasteiger partial charge in [0.1, 0.15) is 42.2 Å². The second kappa shape index (κ2) is 58.1. The topological polar surface area (TPSA) is 403 Å². The van der Waals surface area contributed by atoms with Crippen molar-refractivity contribution in [2.24, 2.45) is 76.9 Å². The SMILES string of the molecule is CC(C)[C@@H]1OC(C(=O)OC(C)(C)C)C(=O)[C@@H]1C.CC(C)[C@H](O)[C@@H](C)C(=O)CC(=O)OC(C)(C)C.CC(C)[C@H](O)[C@@H](C)C(=O)N1C(=O)OC[C@H]1Cc1ccccc1.CCC(=O)N1C(=O)OC[C@H]1Cc1ccccc1.COC(=O)[C@H](C)[C@@H](O)C(C)C.COc1c(C2C(C(=O)OC(C)(C)C)O[C@@H](C(C)C)[C@H]2C)ccc(F)c1F.COc1c([C@@H]2[C@H](C)[C@H](C(C)C)O[C@H]2C(=O)O)ccc(F)c1F.O=C1C[C@H](Cc2ccccc2)CO1. The molecule has 6 heterocycles. The number of ether oxygens (including phenoxy) is 12. The monoisotopic (exact) mass is 2050 g/mol. The maximum atomic E-state index is 14.2. The van der Waals surface area contributed by atoms with Crippen LogP contribution in [0, 0.1) is 100 Å². The Morgan fingerprint density at radius 1 is 0.455 bits per heavy atom. The highest BCUT2D eigenvalue weighted by Gasteiger charge is 2.53. The number of aliphatic carboxylic acids is 1. The van der Waals surface area contributed by atoms with Crippen LogP contribution in [0.25, 0.3) is 0 Å². The molecule has 11 rings (SSSR count). The minimum atomic E-state index is -1.12. The highest BCUT2D eigenvalue weighted by atomic mass is 19.2. The lowest BCUT2D eigenvalue weighted by Gasteiger charge is -2.27. The van der Waals surface area contributed by atoms with Crippen molar-refractivity contribution >= 4 is 71.4 Å². The number of carboxylic acids is 1. The van der Waals surface area contributed by atoms with Gasteiger partial charge in [0.05, 0.1) is 94.9 Å². The summed E-state index contributed by atoms with van der Waals surface area (Å²) in [4.78, 5) is 143. The van der Waals surface area contributed by atoms with E-state index in [-0.39, 0.29) is 144 Å². The molecule has 20 atom stereocenters. The van der Waals surface area contributed by atoms with Crippen LogP contribution in [0.4, 0.5) is 27.2 Å². The number of aliphatic hydroxyl groups is 3. The summed E-state index contributed by atoms with van der Waals surface area (Å²) < 4.78 is 118.